The fraction of sp³-hybridized carbons (Fsp3) is 0.280. The Morgan fingerprint density at radius 2 is 1.73 bits per heavy atom. The minimum absolute atomic E-state index is 0.0461. The summed E-state index contributed by atoms with van der Waals surface area (Å²) in [4.78, 5) is 16.6. The van der Waals surface area contributed by atoms with E-state index in [0.29, 0.717) is 11.4 Å². The lowest BCUT2D eigenvalue weighted by atomic mass is 9.86. The third-order valence-corrected chi connectivity index (χ3v) is 5.55. The summed E-state index contributed by atoms with van der Waals surface area (Å²) in [5.41, 5.74) is 1.22. The standard InChI is InChI=1S/C25H24ClF3N2O2/c1-16(22(19-6-4-3-5-7-19)14-18-8-10-21(26)11-9-18)31-24(32)17(2)33-23-15-20(12-13-30-23)25(27,28)29/h3-13,15-17,22H,14H2,1-2H3,(H,31,32)/t16-,17-,22?/m0/s1. The molecule has 1 unspecified atom stereocenters. The number of hydrogen-bond donors (Lipinski definition) is 1. The van der Waals surface area contributed by atoms with Crippen molar-refractivity contribution in [3.8, 4) is 5.88 Å². The number of halogens is 4. The van der Waals surface area contributed by atoms with E-state index in [1.54, 1.807) is 0 Å². The first-order valence-electron chi connectivity index (χ1n) is 10.4. The Hall–Kier alpha value is -3.06. The molecule has 0 radical (unpaired) electrons. The summed E-state index contributed by atoms with van der Waals surface area (Å²) in [6.45, 7) is 3.36. The summed E-state index contributed by atoms with van der Waals surface area (Å²) in [7, 11) is 0. The van der Waals surface area contributed by atoms with Gasteiger partial charge in [-0.15, -0.1) is 0 Å². The van der Waals surface area contributed by atoms with Crippen LogP contribution >= 0.6 is 11.6 Å². The molecule has 8 heteroatoms. The van der Waals surface area contributed by atoms with Gasteiger partial charge < -0.3 is 10.1 Å². The van der Waals surface area contributed by atoms with Gasteiger partial charge in [0.1, 0.15) is 0 Å². The topological polar surface area (TPSA) is 51.2 Å². The summed E-state index contributed by atoms with van der Waals surface area (Å²) < 4.78 is 44.1. The van der Waals surface area contributed by atoms with Crippen LogP contribution in [0, 0.1) is 0 Å². The molecule has 33 heavy (non-hydrogen) atoms. The van der Waals surface area contributed by atoms with Gasteiger partial charge in [0, 0.05) is 29.2 Å². The van der Waals surface area contributed by atoms with Crippen LogP contribution in [-0.2, 0) is 17.4 Å². The van der Waals surface area contributed by atoms with E-state index in [1.165, 1.54) is 6.92 Å². The first-order valence-corrected chi connectivity index (χ1v) is 10.8. The van der Waals surface area contributed by atoms with E-state index < -0.39 is 23.8 Å². The average molecular weight is 477 g/mol. The third kappa shape index (κ3) is 6.96. The molecule has 3 atom stereocenters. The zero-order valence-electron chi connectivity index (χ0n) is 18.1. The van der Waals surface area contributed by atoms with Crippen molar-refractivity contribution < 1.29 is 22.7 Å². The second-order valence-electron chi connectivity index (χ2n) is 7.79. The van der Waals surface area contributed by atoms with Gasteiger partial charge in [-0.25, -0.2) is 4.98 Å². The van der Waals surface area contributed by atoms with E-state index in [-0.39, 0.29) is 17.8 Å². The molecule has 2 aromatic carbocycles. The van der Waals surface area contributed by atoms with Gasteiger partial charge in [-0.2, -0.15) is 13.2 Å². The normalized spacial score (nSPS) is 14.2. The summed E-state index contributed by atoms with van der Waals surface area (Å²) >= 11 is 5.99. The molecular formula is C25H24ClF3N2O2. The second-order valence-corrected chi connectivity index (χ2v) is 8.22. The molecule has 0 saturated carbocycles. The molecule has 0 saturated heterocycles. The van der Waals surface area contributed by atoms with E-state index in [0.717, 1.165) is 29.5 Å². The smallest absolute Gasteiger partial charge is 0.416 e. The van der Waals surface area contributed by atoms with Crippen LogP contribution in [0.25, 0.3) is 0 Å². The van der Waals surface area contributed by atoms with Gasteiger partial charge in [0.05, 0.1) is 5.56 Å². The highest BCUT2D eigenvalue weighted by molar-refractivity contribution is 6.30. The van der Waals surface area contributed by atoms with Gasteiger partial charge in [0.25, 0.3) is 5.91 Å². The van der Waals surface area contributed by atoms with Crippen molar-refractivity contribution in [1.29, 1.82) is 0 Å². The van der Waals surface area contributed by atoms with Crippen molar-refractivity contribution in [3.63, 3.8) is 0 Å². The number of nitrogens with one attached hydrogen (secondary N) is 1. The number of pyridine rings is 1. The van der Waals surface area contributed by atoms with Gasteiger partial charge >= 0.3 is 6.18 Å². The molecule has 1 N–H and O–H groups in total. The zero-order valence-corrected chi connectivity index (χ0v) is 18.9. The lowest BCUT2D eigenvalue weighted by Crippen LogP contribution is -2.44. The van der Waals surface area contributed by atoms with E-state index in [4.69, 9.17) is 16.3 Å². The van der Waals surface area contributed by atoms with Gasteiger partial charge in [-0.1, -0.05) is 54.1 Å². The van der Waals surface area contributed by atoms with Crippen LogP contribution in [0.15, 0.2) is 72.9 Å². The van der Waals surface area contributed by atoms with Crippen LogP contribution in [0.2, 0.25) is 5.02 Å². The molecular weight excluding hydrogens is 453 g/mol. The highest BCUT2D eigenvalue weighted by Crippen LogP contribution is 2.30. The van der Waals surface area contributed by atoms with Crippen LogP contribution < -0.4 is 10.1 Å². The Labute approximate surface area is 195 Å². The van der Waals surface area contributed by atoms with Crippen molar-refractivity contribution >= 4 is 17.5 Å². The van der Waals surface area contributed by atoms with E-state index in [2.05, 4.69) is 10.3 Å². The van der Waals surface area contributed by atoms with Gasteiger partial charge in [-0.05, 0) is 49.6 Å². The number of aromatic nitrogens is 1. The predicted molar refractivity (Wildman–Crippen MR) is 121 cm³/mol. The molecule has 0 bridgehead atoms. The molecule has 0 aliphatic rings. The molecule has 1 aromatic heterocycles. The quantitative estimate of drug-likeness (QED) is 0.430. The van der Waals surface area contributed by atoms with Crippen LogP contribution in [0.1, 0.15) is 36.5 Å². The maximum absolute atomic E-state index is 12.9. The Kier molecular flexibility index (Phi) is 7.97. The predicted octanol–water partition coefficient (Wildman–Crippen LogP) is 6.05. The van der Waals surface area contributed by atoms with Crippen LogP contribution in [-0.4, -0.2) is 23.0 Å². The molecule has 3 aromatic rings. The highest BCUT2D eigenvalue weighted by Gasteiger charge is 2.31. The molecule has 1 amide bonds. The zero-order chi connectivity index (χ0) is 24.0. The molecule has 0 aliphatic carbocycles. The number of carbonyl (C=O) groups is 1. The number of ether oxygens (including phenoxy) is 1. The average Bonchev–Trinajstić information content (AvgIpc) is 2.78. The van der Waals surface area contributed by atoms with E-state index in [1.807, 2.05) is 61.5 Å². The van der Waals surface area contributed by atoms with Crippen LogP contribution in [0.4, 0.5) is 13.2 Å². The molecule has 0 spiro atoms. The minimum atomic E-state index is -4.52. The summed E-state index contributed by atoms with van der Waals surface area (Å²) in [6, 6.07) is 18.6. The van der Waals surface area contributed by atoms with E-state index in [9.17, 15) is 18.0 Å². The highest BCUT2D eigenvalue weighted by atomic mass is 35.5. The Bertz CT molecular complexity index is 1060. The number of alkyl halides is 3. The van der Waals surface area contributed by atoms with E-state index >= 15 is 0 Å². The Balaban J connectivity index is 1.71. The largest absolute Gasteiger partial charge is 0.465 e. The number of benzene rings is 2. The number of hydrogen-bond acceptors (Lipinski definition) is 3. The van der Waals surface area contributed by atoms with Gasteiger partial charge in [0.15, 0.2) is 6.10 Å². The summed E-state index contributed by atoms with van der Waals surface area (Å²) in [5.74, 6) is -0.755. The Morgan fingerprint density at radius 1 is 1.06 bits per heavy atom. The number of nitrogens with zero attached hydrogens (tertiary/aromatic N) is 1. The maximum atomic E-state index is 12.9. The van der Waals surface area contributed by atoms with Gasteiger partial charge in [0.2, 0.25) is 5.88 Å². The molecule has 1 heterocycles. The van der Waals surface area contributed by atoms with Crippen molar-refractivity contribution in [2.24, 2.45) is 0 Å². The van der Waals surface area contributed by atoms with Crippen molar-refractivity contribution in [2.45, 2.75) is 44.5 Å². The summed E-state index contributed by atoms with van der Waals surface area (Å²) in [6.07, 6.45) is -3.89. The second kappa shape index (κ2) is 10.7. The maximum Gasteiger partial charge on any atom is 0.416 e. The molecule has 0 aliphatic heterocycles. The van der Waals surface area contributed by atoms with Crippen LogP contribution in [0.5, 0.6) is 5.88 Å². The fourth-order valence-corrected chi connectivity index (χ4v) is 3.61. The lowest BCUT2D eigenvalue weighted by Gasteiger charge is -2.27. The van der Waals surface area contributed by atoms with Crippen molar-refractivity contribution in [2.75, 3.05) is 0 Å². The van der Waals surface area contributed by atoms with Crippen molar-refractivity contribution in [3.05, 3.63) is 94.6 Å². The van der Waals surface area contributed by atoms with Crippen LogP contribution in [0.3, 0.4) is 0 Å². The minimum Gasteiger partial charge on any atom is -0.465 e. The number of amides is 1. The summed E-state index contributed by atoms with van der Waals surface area (Å²) in [5, 5.41) is 3.58. The number of rotatable bonds is 8. The SMILES string of the molecule is C[C@H](Oc1cc(C(F)(F)F)ccn1)C(=O)N[C@@H](C)C(Cc1ccc(Cl)cc1)c1ccccc1. The van der Waals surface area contributed by atoms with Crippen molar-refractivity contribution in [1.82, 2.24) is 10.3 Å². The molecule has 3 rings (SSSR count). The monoisotopic (exact) mass is 476 g/mol. The first kappa shape index (κ1) is 24.6. The first-order chi connectivity index (χ1) is 15.6. The fourth-order valence-electron chi connectivity index (χ4n) is 3.49. The lowest BCUT2D eigenvalue weighted by molar-refractivity contribution is -0.137. The molecule has 4 nitrogen and oxygen atoms in total. The number of carbonyl (C=O) groups excluding carboxylic acids is 1. The third-order valence-electron chi connectivity index (χ3n) is 5.30. The Morgan fingerprint density at radius 3 is 2.36 bits per heavy atom. The van der Waals surface area contributed by atoms with Gasteiger partial charge in [-0.3, -0.25) is 4.79 Å². The molecule has 174 valence electrons. The molecule has 0 fully saturated rings.